The molecule has 1 unspecified atom stereocenters. The molecule has 0 aromatic heterocycles. The summed E-state index contributed by atoms with van der Waals surface area (Å²) in [7, 11) is 0. The van der Waals surface area contributed by atoms with Crippen molar-refractivity contribution >= 4 is 17.5 Å². The Morgan fingerprint density at radius 2 is 2.12 bits per heavy atom. The maximum Gasteiger partial charge on any atom is 0.252 e. The highest BCUT2D eigenvalue weighted by molar-refractivity contribution is 6.30. The van der Waals surface area contributed by atoms with Gasteiger partial charge in [0.1, 0.15) is 5.54 Å². The predicted octanol–water partition coefficient (Wildman–Crippen LogP) is 1.34. The fourth-order valence-electron chi connectivity index (χ4n) is 1.03. The van der Waals surface area contributed by atoms with E-state index in [1.165, 1.54) is 6.92 Å². The SMILES string of the molecule is CC(C#N)(CO)NC(=O)c1ccc(Cl)cc1. The van der Waals surface area contributed by atoms with E-state index in [4.69, 9.17) is 22.0 Å². The number of aliphatic hydroxyl groups excluding tert-OH is 1. The number of hydrogen-bond acceptors (Lipinski definition) is 3. The zero-order chi connectivity index (χ0) is 12.2. The number of nitriles is 1. The van der Waals surface area contributed by atoms with E-state index in [1.807, 2.05) is 6.07 Å². The average Bonchev–Trinajstić information content (AvgIpc) is 2.29. The molecule has 1 rings (SSSR count). The van der Waals surface area contributed by atoms with Crippen molar-refractivity contribution in [3.63, 3.8) is 0 Å². The zero-order valence-corrected chi connectivity index (χ0v) is 9.45. The van der Waals surface area contributed by atoms with Crippen molar-refractivity contribution in [2.24, 2.45) is 0 Å². The molecule has 0 heterocycles. The van der Waals surface area contributed by atoms with E-state index < -0.39 is 18.1 Å². The monoisotopic (exact) mass is 238 g/mol. The number of benzene rings is 1. The van der Waals surface area contributed by atoms with Gasteiger partial charge in [0.15, 0.2) is 0 Å². The second kappa shape index (κ2) is 4.97. The fourth-order valence-corrected chi connectivity index (χ4v) is 1.15. The van der Waals surface area contributed by atoms with Gasteiger partial charge in [-0.25, -0.2) is 0 Å². The number of nitrogens with one attached hydrogen (secondary N) is 1. The van der Waals surface area contributed by atoms with Gasteiger partial charge in [-0.1, -0.05) is 11.6 Å². The first-order valence-electron chi connectivity index (χ1n) is 4.61. The van der Waals surface area contributed by atoms with Crippen LogP contribution in [0.2, 0.25) is 5.02 Å². The number of hydrogen-bond donors (Lipinski definition) is 2. The van der Waals surface area contributed by atoms with E-state index in [2.05, 4.69) is 5.32 Å². The largest absolute Gasteiger partial charge is 0.393 e. The van der Waals surface area contributed by atoms with E-state index in [-0.39, 0.29) is 0 Å². The molecule has 0 fully saturated rings. The van der Waals surface area contributed by atoms with Gasteiger partial charge in [0, 0.05) is 10.6 Å². The van der Waals surface area contributed by atoms with Crippen LogP contribution in [0.3, 0.4) is 0 Å². The van der Waals surface area contributed by atoms with Gasteiger partial charge >= 0.3 is 0 Å². The van der Waals surface area contributed by atoms with Crippen LogP contribution in [0, 0.1) is 11.3 Å². The third-order valence-corrected chi connectivity index (χ3v) is 2.31. The molecule has 0 aliphatic rings. The molecule has 2 N–H and O–H groups in total. The summed E-state index contributed by atoms with van der Waals surface area (Å²) in [4.78, 5) is 11.7. The van der Waals surface area contributed by atoms with E-state index in [0.717, 1.165) is 0 Å². The first kappa shape index (κ1) is 12.5. The number of aliphatic hydroxyl groups is 1. The lowest BCUT2D eigenvalue weighted by Crippen LogP contribution is -2.47. The van der Waals surface area contributed by atoms with Crippen LogP contribution >= 0.6 is 11.6 Å². The topological polar surface area (TPSA) is 73.1 Å². The summed E-state index contributed by atoms with van der Waals surface area (Å²) in [6.07, 6.45) is 0. The molecule has 0 aliphatic heterocycles. The molecule has 1 amide bonds. The summed E-state index contributed by atoms with van der Waals surface area (Å²) < 4.78 is 0. The van der Waals surface area contributed by atoms with Crippen LogP contribution in [0.5, 0.6) is 0 Å². The lowest BCUT2D eigenvalue weighted by atomic mass is 10.1. The summed E-state index contributed by atoms with van der Waals surface area (Å²) in [6, 6.07) is 8.09. The predicted molar refractivity (Wildman–Crippen MR) is 60.0 cm³/mol. The second-order valence-electron chi connectivity index (χ2n) is 3.56. The van der Waals surface area contributed by atoms with Crippen molar-refractivity contribution in [1.82, 2.24) is 5.32 Å². The second-order valence-corrected chi connectivity index (χ2v) is 4.00. The number of halogens is 1. The van der Waals surface area contributed by atoms with Gasteiger partial charge in [0.25, 0.3) is 5.91 Å². The fraction of sp³-hybridized carbons (Fsp3) is 0.273. The molecule has 4 nitrogen and oxygen atoms in total. The van der Waals surface area contributed by atoms with Crippen molar-refractivity contribution in [2.45, 2.75) is 12.5 Å². The maximum absolute atomic E-state index is 11.7. The average molecular weight is 239 g/mol. The van der Waals surface area contributed by atoms with Gasteiger partial charge in [0.05, 0.1) is 12.7 Å². The van der Waals surface area contributed by atoms with Crippen LogP contribution in [-0.2, 0) is 0 Å². The zero-order valence-electron chi connectivity index (χ0n) is 8.70. The Bertz CT molecular complexity index is 425. The van der Waals surface area contributed by atoms with Crippen LogP contribution in [0.25, 0.3) is 0 Å². The number of rotatable bonds is 3. The minimum absolute atomic E-state index is 0.388. The molecular formula is C11H11ClN2O2. The standard InChI is InChI=1S/C11H11ClN2O2/c1-11(6-13,7-15)14-10(16)8-2-4-9(12)5-3-8/h2-5,15H,7H2,1H3,(H,14,16). The van der Waals surface area contributed by atoms with Crippen molar-refractivity contribution in [2.75, 3.05) is 6.61 Å². The smallest absolute Gasteiger partial charge is 0.252 e. The van der Waals surface area contributed by atoms with Crippen molar-refractivity contribution < 1.29 is 9.90 Å². The van der Waals surface area contributed by atoms with Crippen LogP contribution in [-0.4, -0.2) is 23.2 Å². The molecule has 1 aromatic rings. The van der Waals surface area contributed by atoms with Crippen molar-refractivity contribution in [3.05, 3.63) is 34.9 Å². The highest BCUT2D eigenvalue weighted by atomic mass is 35.5. The van der Waals surface area contributed by atoms with Crippen molar-refractivity contribution in [3.8, 4) is 6.07 Å². The third-order valence-electron chi connectivity index (χ3n) is 2.06. The van der Waals surface area contributed by atoms with E-state index in [9.17, 15) is 4.79 Å². The summed E-state index contributed by atoms with van der Waals surface area (Å²) >= 11 is 5.68. The number of nitrogens with zero attached hydrogens (tertiary/aromatic N) is 1. The molecule has 0 bridgehead atoms. The molecule has 84 valence electrons. The summed E-state index contributed by atoms with van der Waals surface area (Å²) in [6.45, 7) is 1.00. The Morgan fingerprint density at radius 1 is 1.56 bits per heavy atom. The summed E-state index contributed by atoms with van der Waals surface area (Å²) in [5, 5.41) is 20.7. The van der Waals surface area contributed by atoms with Crippen LogP contribution in [0.15, 0.2) is 24.3 Å². The number of amides is 1. The van der Waals surface area contributed by atoms with Crippen molar-refractivity contribution in [1.29, 1.82) is 5.26 Å². The Labute approximate surface area is 98.5 Å². The Balaban J connectivity index is 2.81. The third kappa shape index (κ3) is 2.96. The van der Waals surface area contributed by atoms with Crippen LogP contribution < -0.4 is 5.32 Å². The van der Waals surface area contributed by atoms with Gasteiger partial charge in [-0.05, 0) is 31.2 Å². The molecule has 1 atom stereocenters. The van der Waals surface area contributed by atoms with E-state index in [1.54, 1.807) is 24.3 Å². The molecule has 0 aliphatic carbocycles. The normalized spacial score (nSPS) is 13.6. The minimum Gasteiger partial charge on any atom is -0.393 e. The first-order valence-corrected chi connectivity index (χ1v) is 4.99. The molecule has 0 saturated carbocycles. The Hall–Kier alpha value is -1.57. The minimum atomic E-state index is -1.27. The molecule has 0 radical (unpaired) electrons. The van der Waals surface area contributed by atoms with Gasteiger partial charge in [-0.3, -0.25) is 4.79 Å². The molecule has 1 aromatic carbocycles. The molecule has 0 spiro atoms. The summed E-state index contributed by atoms with van der Waals surface area (Å²) in [5.41, 5.74) is -0.879. The lowest BCUT2D eigenvalue weighted by molar-refractivity contribution is 0.0893. The molecule has 0 saturated heterocycles. The quantitative estimate of drug-likeness (QED) is 0.835. The van der Waals surface area contributed by atoms with Gasteiger partial charge in [-0.2, -0.15) is 5.26 Å². The van der Waals surface area contributed by atoms with Gasteiger partial charge < -0.3 is 10.4 Å². The van der Waals surface area contributed by atoms with Crippen LogP contribution in [0.1, 0.15) is 17.3 Å². The lowest BCUT2D eigenvalue weighted by Gasteiger charge is -2.20. The van der Waals surface area contributed by atoms with Crippen LogP contribution in [0.4, 0.5) is 0 Å². The number of carbonyl (C=O) groups is 1. The molecular weight excluding hydrogens is 228 g/mol. The number of carbonyl (C=O) groups excluding carboxylic acids is 1. The van der Waals surface area contributed by atoms with Gasteiger partial charge in [0.2, 0.25) is 0 Å². The van der Waals surface area contributed by atoms with E-state index >= 15 is 0 Å². The maximum atomic E-state index is 11.7. The first-order chi connectivity index (χ1) is 7.50. The van der Waals surface area contributed by atoms with E-state index in [0.29, 0.717) is 10.6 Å². The highest BCUT2D eigenvalue weighted by Gasteiger charge is 2.25. The summed E-state index contributed by atoms with van der Waals surface area (Å²) in [5.74, 6) is -0.422. The molecule has 5 heteroatoms. The Morgan fingerprint density at radius 3 is 2.56 bits per heavy atom. The highest BCUT2D eigenvalue weighted by Crippen LogP contribution is 2.10. The Kier molecular flexibility index (Phi) is 3.88. The van der Waals surface area contributed by atoms with Gasteiger partial charge in [-0.15, -0.1) is 0 Å². The molecule has 16 heavy (non-hydrogen) atoms.